The number of amides is 1. The number of carbonyl (C=O) groups is 2. The van der Waals surface area contributed by atoms with Gasteiger partial charge in [0, 0.05) is 0 Å². The van der Waals surface area contributed by atoms with Gasteiger partial charge in [0.25, 0.3) is 0 Å². The second kappa shape index (κ2) is 4.65. The molecule has 0 bridgehead atoms. The number of hydroxylamine groups is 1. The highest BCUT2D eigenvalue weighted by Crippen LogP contribution is 1.93. The summed E-state index contributed by atoms with van der Waals surface area (Å²) in [5.74, 6) is -2.43. The number of nitrogens with one attached hydrogen (secondary N) is 1. The first-order valence-corrected chi connectivity index (χ1v) is 3.14. The number of hydrogen-bond acceptors (Lipinski definition) is 5. The number of aliphatic carboxylic acids is 1. The van der Waals surface area contributed by atoms with Gasteiger partial charge >= 0.3 is 0 Å². The maximum absolute atomic E-state index is 10.4. The normalized spacial score (nSPS) is 14.9. The molecule has 0 spiro atoms. The number of quaternary nitrogens is 1. The van der Waals surface area contributed by atoms with Gasteiger partial charge in [-0.3, -0.25) is 10.0 Å². The van der Waals surface area contributed by atoms with E-state index in [1.54, 1.807) is 0 Å². The molecule has 12 heavy (non-hydrogen) atoms. The van der Waals surface area contributed by atoms with E-state index in [1.807, 2.05) is 0 Å². The Bertz CT molecular complexity index is 183. The van der Waals surface area contributed by atoms with Crippen molar-refractivity contribution in [3.05, 3.63) is 0 Å². The summed E-state index contributed by atoms with van der Waals surface area (Å²) < 4.78 is 0. The van der Waals surface area contributed by atoms with E-state index in [1.165, 1.54) is 5.48 Å². The third-order valence-electron chi connectivity index (χ3n) is 1.29. The lowest BCUT2D eigenvalue weighted by Gasteiger charge is -2.14. The number of carboxylic acid groups (broad SMARTS) is 1. The third-order valence-corrected chi connectivity index (χ3v) is 1.29. The van der Waals surface area contributed by atoms with Crippen LogP contribution < -0.4 is 16.3 Å². The maximum atomic E-state index is 10.4. The molecule has 7 nitrogen and oxygen atoms in total. The summed E-state index contributed by atoms with van der Waals surface area (Å²) in [4.78, 5) is 20.5. The van der Waals surface area contributed by atoms with Crippen molar-refractivity contribution in [3.8, 4) is 0 Å². The van der Waals surface area contributed by atoms with Gasteiger partial charge in [0.2, 0.25) is 5.91 Å². The highest BCUT2D eigenvalue weighted by atomic mass is 16.5. The number of carbonyl (C=O) groups excluding carboxylic acids is 2. The average molecular weight is 178 g/mol. The molecule has 0 aromatic rings. The van der Waals surface area contributed by atoms with Crippen LogP contribution in [0, 0.1) is 0 Å². The Hall–Kier alpha value is -1.18. The molecule has 0 aliphatic heterocycles. The number of aliphatic hydroxyl groups is 1. The van der Waals surface area contributed by atoms with Gasteiger partial charge in [-0.2, -0.15) is 0 Å². The highest BCUT2D eigenvalue weighted by molar-refractivity contribution is 5.77. The van der Waals surface area contributed by atoms with Gasteiger partial charge in [-0.1, -0.05) is 0 Å². The molecule has 7 heteroatoms. The topological polar surface area (TPSA) is 137 Å². The van der Waals surface area contributed by atoms with E-state index in [9.17, 15) is 14.7 Å². The Labute approximate surface area is 67.7 Å². The van der Waals surface area contributed by atoms with Crippen molar-refractivity contribution in [2.24, 2.45) is 0 Å². The summed E-state index contributed by atoms with van der Waals surface area (Å²) in [7, 11) is 0. The summed E-state index contributed by atoms with van der Waals surface area (Å²) in [5, 5.41) is 27.0. The molecule has 0 rings (SSSR count). The summed E-state index contributed by atoms with van der Waals surface area (Å²) in [6.07, 6.45) is -1.99. The molecule has 70 valence electrons. The molecule has 0 aromatic carbocycles. The second-order valence-electron chi connectivity index (χ2n) is 2.23. The Balaban J connectivity index is 3.94. The van der Waals surface area contributed by atoms with Crippen LogP contribution in [0.25, 0.3) is 0 Å². The molecule has 0 saturated carbocycles. The van der Waals surface area contributed by atoms with Crippen LogP contribution in [-0.2, 0) is 9.59 Å². The fourth-order valence-electron chi connectivity index (χ4n) is 0.535. The first-order valence-electron chi connectivity index (χ1n) is 3.14. The quantitative estimate of drug-likeness (QED) is 0.254. The van der Waals surface area contributed by atoms with Crippen molar-refractivity contribution in [2.45, 2.75) is 18.6 Å². The van der Waals surface area contributed by atoms with Crippen LogP contribution in [0.2, 0.25) is 0 Å². The minimum absolute atomic E-state index is 0.529. The molecule has 0 aliphatic rings. The summed E-state index contributed by atoms with van der Waals surface area (Å²) in [6.45, 7) is 0. The van der Waals surface area contributed by atoms with Crippen molar-refractivity contribution in [3.63, 3.8) is 0 Å². The van der Waals surface area contributed by atoms with Gasteiger partial charge in [0.05, 0.1) is 6.42 Å². The van der Waals surface area contributed by atoms with Gasteiger partial charge < -0.3 is 20.7 Å². The van der Waals surface area contributed by atoms with E-state index in [4.69, 9.17) is 10.3 Å². The summed E-state index contributed by atoms with van der Waals surface area (Å²) in [5.41, 5.74) is 4.30. The summed E-state index contributed by atoms with van der Waals surface area (Å²) in [6, 6.07) is -1.39. The van der Waals surface area contributed by atoms with E-state index in [2.05, 4.69) is 5.73 Å². The molecule has 6 N–H and O–H groups in total. The monoisotopic (exact) mass is 178 g/mol. The third kappa shape index (κ3) is 3.28. The zero-order valence-electron chi connectivity index (χ0n) is 6.19. The number of rotatable bonds is 4. The lowest BCUT2D eigenvalue weighted by atomic mass is 10.1. The Morgan fingerprint density at radius 3 is 2.42 bits per heavy atom. The predicted molar refractivity (Wildman–Crippen MR) is 32.2 cm³/mol. The SMILES string of the molecule is [NH3+][C@H](C(=O)[O-])[C@H](O)CC(=O)NO. The van der Waals surface area contributed by atoms with E-state index in [-0.39, 0.29) is 0 Å². The van der Waals surface area contributed by atoms with Crippen molar-refractivity contribution < 1.29 is 30.7 Å². The van der Waals surface area contributed by atoms with E-state index in [0.717, 1.165) is 0 Å². The second-order valence-corrected chi connectivity index (χ2v) is 2.23. The predicted octanol–water partition coefficient (Wildman–Crippen LogP) is -4.40. The lowest BCUT2D eigenvalue weighted by Crippen LogP contribution is -2.73. The molecule has 0 unspecified atom stereocenters. The van der Waals surface area contributed by atoms with Crippen molar-refractivity contribution in [1.29, 1.82) is 0 Å². The maximum Gasteiger partial charge on any atom is 0.246 e. The Morgan fingerprint density at radius 2 is 2.08 bits per heavy atom. The van der Waals surface area contributed by atoms with Gasteiger partial charge in [0.1, 0.15) is 12.1 Å². The number of carboxylic acids is 1. The van der Waals surface area contributed by atoms with Crippen LogP contribution in [-0.4, -0.2) is 34.3 Å². The average Bonchev–Trinajstić information content (AvgIpc) is 2.02. The van der Waals surface area contributed by atoms with Crippen molar-refractivity contribution in [2.75, 3.05) is 0 Å². The van der Waals surface area contributed by atoms with Gasteiger partial charge in [-0.05, 0) is 0 Å². The molecule has 0 aliphatic carbocycles. The van der Waals surface area contributed by atoms with Crippen LogP contribution in [0.5, 0.6) is 0 Å². The fraction of sp³-hybridized carbons (Fsp3) is 0.600. The fourth-order valence-corrected chi connectivity index (χ4v) is 0.535. The molecule has 0 radical (unpaired) electrons. The van der Waals surface area contributed by atoms with E-state index < -0.39 is 30.4 Å². The molecule has 0 saturated heterocycles. The molecule has 2 atom stereocenters. The highest BCUT2D eigenvalue weighted by Gasteiger charge is 2.22. The molecule has 0 heterocycles. The lowest BCUT2D eigenvalue weighted by molar-refractivity contribution is -0.451. The van der Waals surface area contributed by atoms with Crippen LogP contribution in [0.3, 0.4) is 0 Å². The molecule has 0 aromatic heterocycles. The molecular weight excluding hydrogens is 168 g/mol. The van der Waals surface area contributed by atoms with Crippen molar-refractivity contribution >= 4 is 11.9 Å². The van der Waals surface area contributed by atoms with Crippen LogP contribution in [0.15, 0.2) is 0 Å². The zero-order valence-corrected chi connectivity index (χ0v) is 6.19. The van der Waals surface area contributed by atoms with E-state index >= 15 is 0 Å². The first kappa shape index (κ1) is 10.8. The minimum Gasteiger partial charge on any atom is -0.544 e. The van der Waals surface area contributed by atoms with E-state index in [0.29, 0.717) is 0 Å². The minimum atomic E-state index is -1.55. The number of hydrogen-bond donors (Lipinski definition) is 4. The van der Waals surface area contributed by atoms with Crippen molar-refractivity contribution in [1.82, 2.24) is 5.48 Å². The van der Waals surface area contributed by atoms with Gasteiger partial charge in [-0.25, -0.2) is 5.48 Å². The zero-order chi connectivity index (χ0) is 9.72. The van der Waals surface area contributed by atoms with Gasteiger partial charge in [-0.15, -0.1) is 0 Å². The largest absolute Gasteiger partial charge is 0.544 e. The standard InChI is InChI=1S/C5H10N2O5/c6-4(5(10)11)2(8)1-3(9)7-12/h2,4,8,12H,1,6H2,(H,7,9)(H,10,11)/t2-,4+/m1/s1. The Kier molecular flexibility index (Phi) is 4.19. The summed E-state index contributed by atoms with van der Waals surface area (Å²) >= 11 is 0. The Morgan fingerprint density at radius 1 is 1.58 bits per heavy atom. The molecule has 1 amide bonds. The first-order chi connectivity index (χ1) is 5.49. The van der Waals surface area contributed by atoms with Crippen LogP contribution in [0.1, 0.15) is 6.42 Å². The molecular formula is C5H10N2O5. The van der Waals surface area contributed by atoms with Crippen LogP contribution in [0.4, 0.5) is 0 Å². The van der Waals surface area contributed by atoms with Crippen LogP contribution >= 0.6 is 0 Å². The smallest absolute Gasteiger partial charge is 0.246 e. The molecule has 0 fully saturated rings. The van der Waals surface area contributed by atoms with Gasteiger partial charge in [0.15, 0.2) is 6.04 Å². The number of aliphatic hydroxyl groups excluding tert-OH is 1.